The molecule has 0 saturated heterocycles. The van der Waals surface area contributed by atoms with Gasteiger partial charge in [-0.05, 0) is 35.9 Å². The molecule has 1 unspecified atom stereocenters. The number of hydrogen-bond acceptors (Lipinski definition) is 3. The summed E-state index contributed by atoms with van der Waals surface area (Å²) in [5.74, 6) is -0.405. The van der Waals surface area contributed by atoms with Crippen LogP contribution in [0.2, 0.25) is 5.02 Å². The average molecular weight is 344 g/mol. The first-order valence-electron chi connectivity index (χ1n) is 6.46. The minimum atomic E-state index is -3.71. The van der Waals surface area contributed by atoms with Crippen molar-refractivity contribution in [1.82, 2.24) is 4.72 Å². The van der Waals surface area contributed by atoms with Crippen molar-refractivity contribution in [3.8, 4) is 0 Å². The molecule has 22 heavy (non-hydrogen) atoms. The molecule has 118 valence electrons. The third-order valence-electron chi connectivity index (χ3n) is 3.07. The van der Waals surface area contributed by atoms with Crippen LogP contribution in [0.4, 0.5) is 4.39 Å². The Morgan fingerprint density at radius 1 is 1.23 bits per heavy atom. The molecule has 7 heteroatoms. The van der Waals surface area contributed by atoms with E-state index in [1.165, 1.54) is 31.4 Å². The lowest BCUT2D eigenvalue weighted by Crippen LogP contribution is -2.29. The minimum absolute atomic E-state index is 0.0190. The standard InChI is InChI=1S/C15H15ClFNO3S/c1-21-15(11-4-2-6-13(17)8-11)10-18-22(19,20)14-7-3-5-12(16)9-14/h2-9,15,18H,10H2,1H3. The van der Waals surface area contributed by atoms with Crippen LogP contribution in [0, 0.1) is 5.82 Å². The molecule has 0 aromatic heterocycles. The summed E-state index contributed by atoms with van der Waals surface area (Å²) in [4.78, 5) is 0.0640. The van der Waals surface area contributed by atoms with Crippen LogP contribution >= 0.6 is 11.6 Å². The number of methoxy groups -OCH3 is 1. The van der Waals surface area contributed by atoms with Crippen LogP contribution in [-0.2, 0) is 14.8 Å². The summed E-state index contributed by atoms with van der Waals surface area (Å²) in [5.41, 5.74) is 0.552. The highest BCUT2D eigenvalue weighted by Crippen LogP contribution is 2.19. The topological polar surface area (TPSA) is 55.4 Å². The molecule has 2 aromatic carbocycles. The summed E-state index contributed by atoms with van der Waals surface area (Å²) in [6.07, 6.45) is -0.593. The largest absolute Gasteiger partial charge is 0.375 e. The highest BCUT2D eigenvalue weighted by molar-refractivity contribution is 7.89. The van der Waals surface area contributed by atoms with E-state index in [0.717, 1.165) is 0 Å². The summed E-state index contributed by atoms with van der Waals surface area (Å²) in [6, 6.07) is 11.8. The molecule has 0 heterocycles. The highest BCUT2D eigenvalue weighted by atomic mass is 35.5. The van der Waals surface area contributed by atoms with Crippen molar-refractivity contribution >= 4 is 21.6 Å². The molecule has 1 N–H and O–H groups in total. The van der Waals surface area contributed by atoms with Crippen LogP contribution in [0.15, 0.2) is 53.4 Å². The predicted molar refractivity (Wildman–Crippen MR) is 82.8 cm³/mol. The quantitative estimate of drug-likeness (QED) is 0.876. The first kappa shape index (κ1) is 16.9. The fourth-order valence-corrected chi connectivity index (χ4v) is 3.28. The van der Waals surface area contributed by atoms with Gasteiger partial charge in [-0.2, -0.15) is 0 Å². The maximum atomic E-state index is 13.2. The minimum Gasteiger partial charge on any atom is -0.375 e. The molecule has 0 radical (unpaired) electrons. The normalized spacial score (nSPS) is 13.0. The molecule has 0 bridgehead atoms. The monoisotopic (exact) mass is 343 g/mol. The number of ether oxygens (including phenoxy) is 1. The van der Waals surface area contributed by atoms with Crippen molar-refractivity contribution in [3.05, 3.63) is 64.9 Å². The Balaban J connectivity index is 2.13. The van der Waals surface area contributed by atoms with E-state index >= 15 is 0 Å². The lowest BCUT2D eigenvalue weighted by molar-refractivity contribution is 0.107. The van der Waals surface area contributed by atoms with Gasteiger partial charge in [0.15, 0.2) is 0 Å². The van der Waals surface area contributed by atoms with Crippen molar-refractivity contribution < 1.29 is 17.5 Å². The first-order chi connectivity index (χ1) is 10.4. The molecule has 0 amide bonds. The maximum absolute atomic E-state index is 13.2. The Labute approximate surface area is 133 Å². The highest BCUT2D eigenvalue weighted by Gasteiger charge is 2.18. The molecular formula is C15H15ClFNO3S. The van der Waals surface area contributed by atoms with Gasteiger partial charge < -0.3 is 4.74 Å². The van der Waals surface area contributed by atoms with E-state index in [-0.39, 0.29) is 11.4 Å². The van der Waals surface area contributed by atoms with Gasteiger partial charge in [-0.15, -0.1) is 0 Å². The molecule has 0 aliphatic rings. The molecule has 0 aliphatic carbocycles. The molecule has 1 atom stereocenters. The summed E-state index contributed by atoms with van der Waals surface area (Å²) < 4.78 is 45.3. The number of halogens is 2. The van der Waals surface area contributed by atoms with Crippen molar-refractivity contribution in [1.29, 1.82) is 0 Å². The van der Waals surface area contributed by atoms with Crippen molar-refractivity contribution in [2.75, 3.05) is 13.7 Å². The Bertz CT molecular complexity index is 752. The van der Waals surface area contributed by atoms with E-state index in [2.05, 4.69) is 4.72 Å². The van der Waals surface area contributed by atoms with Gasteiger partial charge >= 0.3 is 0 Å². The van der Waals surface area contributed by atoms with E-state index in [4.69, 9.17) is 16.3 Å². The molecule has 2 aromatic rings. The van der Waals surface area contributed by atoms with Crippen LogP contribution in [0.3, 0.4) is 0 Å². The number of hydrogen-bond donors (Lipinski definition) is 1. The van der Waals surface area contributed by atoms with Crippen molar-refractivity contribution in [2.24, 2.45) is 0 Å². The van der Waals surface area contributed by atoms with Crippen LogP contribution < -0.4 is 4.72 Å². The second-order valence-electron chi connectivity index (χ2n) is 4.59. The van der Waals surface area contributed by atoms with Crippen LogP contribution in [-0.4, -0.2) is 22.1 Å². The molecule has 4 nitrogen and oxygen atoms in total. The number of benzene rings is 2. The van der Waals surface area contributed by atoms with Gasteiger partial charge in [0.1, 0.15) is 5.82 Å². The lowest BCUT2D eigenvalue weighted by Gasteiger charge is -2.17. The summed E-state index contributed by atoms with van der Waals surface area (Å²) >= 11 is 5.80. The van der Waals surface area contributed by atoms with E-state index < -0.39 is 21.9 Å². The third-order valence-corrected chi connectivity index (χ3v) is 4.73. The van der Waals surface area contributed by atoms with Gasteiger partial charge in [0, 0.05) is 18.7 Å². The third kappa shape index (κ3) is 4.27. The van der Waals surface area contributed by atoms with Gasteiger partial charge in [0.05, 0.1) is 11.0 Å². The van der Waals surface area contributed by atoms with Gasteiger partial charge in [0.25, 0.3) is 0 Å². The van der Waals surface area contributed by atoms with Crippen LogP contribution in [0.5, 0.6) is 0 Å². The van der Waals surface area contributed by atoms with Gasteiger partial charge in [-0.3, -0.25) is 0 Å². The zero-order valence-electron chi connectivity index (χ0n) is 11.8. The SMILES string of the molecule is COC(CNS(=O)(=O)c1cccc(Cl)c1)c1cccc(F)c1. The summed E-state index contributed by atoms with van der Waals surface area (Å²) in [7, 11) is -2.28. The average Bonchev–Trinajstić information content (AvgIpc) is 2.48. The van der Waals surface area contributed by atoms with Crippen molar-refractivity contribution in [3.63, 3.8) is 0 Å². The fraction of sp³-hybridized carbons (Fsp3) is 0.200. The van der Waals surface area contributed by atoms with E-state index in [0.29, 0.717) is 10.6 Å². The second-order valence-corrected chi connectivity index (χ2v) is 6.79. The molecule has 0 aliphatic heterocycles. The second kappa shape index (κ2) is 7.19. The van der Waals surface area contributed by atoms with Gasteiger partial charge in [-0.1, -0.05) is 29.8 Å². The summed E-state index contributed by atoms with van der Waals surface area (Å²) in [6.45, 7) is -0.0190. The Morgan fingerprint density at radius 2 is 1.95 bits per heavy atom. The fourth-order valence-electron chi connectivity index (χ4n) is 1.95. The maximum Gasteiger partial charge on any atom is 0.240 e. The Hall–Kier alpha value is -1.47. The number of nitrogens with one attached hydrogen (secondary N) is 1. The van der Waals surface area contributed by atoms with Gasteiger partial charge in [0.2, 0.25) is 10.0 Å². The number of sulfonamides is 1. The molecule has 0 spiro atoms. The predicted octanol–water partition coefficient (Wildman–Crippen LogP) is 3.15. The zero-order valence-corrected chi connectivity index (χ0v) is 13.4. The zero-order chi connectivity index (χ0) is 16.2. The molecule has 0 saturated carbocycles. The molecule has 2 rings (SSSR count). The van der Waals surface area contributed by atoms with E-state index in [1.807, 2.05) is 0 Å². The van der Waals surface area contributed by atoms with E-state index in [1.54, 1.807) is 24.3 Å². The first-order valence-corrected chi connectivity index (χ1v) is 8.32. The lowest BCUT2D eigenvalue weighted by atomic mass is 10.1. The van der Waals surface area contributed by atoms with Crippen LogP contribution in [0.25, 0.3) is 0 Å². The Kier molecular flexibility index (Phi) is 5.52. The van der Waals surface area contributed by atoms with Crippen molar-refractivity contribution in [2.45, 2.75) is 11.0 Å². The smallest absolute Gasteiger partial charge is 0.240 e. The number of rotatable bonds is 6. The van der Waals surface area contributed by atoms with Gasteiger partial charge in [-0.25, -0.2) is 17.5 Å². The van der Waals surface area contributed by atoms with Crippen LogP contribution in [0.1, 0.15) is 11.7 Å². The molecule has 0 fully saturated rings. The summed E-state index contributed by atoms with van der Waals surface area (Å²) in [5, 5.41) is 0.330. The molecular weight excluding hydrogens is 329 g/mol. The Morgan fingerprint density at radius 3 is 2.59 bits per heavy atom. The van der Waals surface area contributed by atoms with E-state index in [9.17, 15) is 12.8 Å².